The van der Waals surface area contributed by atoms with E-state index in [9.17, 15) is 0 Å². The van der Waals surface area contributed by atoms with E-state index in [2.05, 4.69) is 32.2 Å². The van der Waals surface area contributed by atoms with Crippen molar-refractivity contribution in [3.05, 3.63) is 34.3 Å². The normalized spacial score (nSPS) is 10.9. The number of imidazole rings is 1. The number of nitrogens with one attached hydrogen (secondary N) is 1. The van der Waals surface area contributed by atoms with Crippen LogP contribution in [0.1, 0.15) is 23.3 Å². The van der Waals surface area contributed by atoms with Crippen LogP contribution >= 0.6 is 11.3 Å². The monoisotopic (exact) mass is 250 g/mol. The molecule has 2 heterocycles. The molecule has 2 rings (SSSR count). The highest BCUT2D eigenvalue weighted by Crippen LogP contribution is 2.08. The summed E-state index contributed by atoms with van der Waals surface area (Å²) in [5.74, 6) is 0. The third kappa shape index (κ3) is 3.38. The zero-order valence-electron chi connectivity index (χ0n) is 10.3. The molecule has 1 N–H and O–H groups in total. The first-order valence-electron chi connectivity index (χ1n) is 5.90. The standard InChI is InChI=1S/C12H18N4S/c1-3-16-9-14-7-11(16)6-13-5-4-12-15-10(2)8-17-12/h7-9,13H,3-6H2,1-2H3. The van der Waals surface area contributed by atoms with Crippen molar-refractivity contribution in [2.75, 3.05) is 6.54 Å². The Kier molecular flexibility index (Phi) is 4.28. The lowest BCUT2D eigenvalue weighted by Gasteiger charge is -2.06. The van der Waals surface area contributed by atoms with E-state index in [1.54, 1.807) is 11.3 Å². The second-order valence-electron chi connectivity index (χ2n) is 3.98. The Morgan fingerprint density at radius 2 is 2.35 bits per heavy atom. The van der Waals surface area contributed by atoms with Crippen molar-refractivity contribution in [2.45, 2.75) is 33.4 Å². The summed E-state index contributed by atoms with van der Waals surface area (Å²) in [6.07, 6.45) is 4.80. The van der Waals surface area contributed by atoms with Crippen LogP contribution in [-0.2, 0) is 19.5 Å². The number of hydrogen-bond acceptors (Lipinski definition) is 4. The Morgan fingerprint density at radius 1 is 1.47 bits per heavy atom. The molecule has 0 aliphatic carbocycles. The van der Waals surface area contributed by atoms with Crippen LogP contribution < -0.4 is 5.32 Å². The average molecular weight is 250 g/mol. The summed E-state index contributed by atoms with van der Waals surface area (Å²) in [6.45, 7) is 6.97. The molecule has 2 aromatic rings. The van der Waals surface area contributed by atoms with Crippen LogP contribution in [0.15, 0.2) is 17.9 Å². The minimum atomic E-state index is 0.873. The number of aryl methyl sites for hydroxylation is 2. The highest BCUT2D eigenvalue weighted by molar-refractivity contribution is 7.09. The second-order valence-corrected chi connectivity index (χ2v) is 4.92. The molecule has 0 atom stereocenters. The van der Waals surface area contributed by atoms with Crippen molar-refractivity contribution in [2.24, 2.45) is 0 Å². The van der Waals surface area contributed by atoms with E-state index >= 15 is 0 Å². The van der Waals surface area contributed by atoms with E-state index in [0.29, 0.717) is 0 Å². The smallest absolute Gasteiger partial charge is 0.0948 e. The van der Waals surface area contributed by atoms with Crippen LogP contribution in [0.4, 0.5) is 0 Å². The lowest BCUT2D eigenvalue weighted by atomic mass is 10.4. The number of nitrogens with zero attached hydrogens (tertiary/aromatic N) is 3. The summed E-state index contributed by atoms with van der Waals surface area (Å²) < 4.78 is 2.15. The molecule has 0 unspecified atom stereocenters. The van der Waals surface area contributed by atoms with Crippen molar-refractivity contribution in [3.63, 3.8) is 0 Å². The number of aromatic nitrogens is 3. The number of hydrogen-bond donors (Lipinski definition) is 1. The Labute approximate surface area is 106 Å². The van der Waals surface area contributed by atoms with Gasteiger partial charge in [0.15, 0.2) is 0 Å². The molecule has 92 valence electrons. The first-order valence-corrected chi connectivity index (χ1v) is 6.78. The maximum absolute atomic E-state index is 4.44. The van der Waals surface area contributed by atoms with Gasteiger partial charge in [-0.1, -0.05) is 0 Å². The van der Waals surface area contributed by atoms with E-state index in [4.69, 9.17) is 0 Å². The minimum absolute atomic E-state index is 0.873. The molecule has 5 heteroatoms. The molecule has 0 aromatic carbocycles. The maximum atomic E-state index is 4.44. The van der Waals surface area contributed by atoms with E-state index in [1.807, 2.05) is 19.4 Å². The van der Waals surface area contributed by atoms with Crippen LogP contribution in [0.5, 0.6) is 0 Å². The van der Waals surface area contributed by atoms with Gasteiger partial charge in [0.1, 0.15) is 0 Å². The topological polar surface area (TPSA) is 42.7 Å². The van der Waals surface area contributed by atoms with Gasteiger partial charge in [-0.05, 0) is 13.8 Å². The Bertz CT molecular complexity index is 461. The predicted molar refractivity (Wildman–Crippen MR) is 70.2 cm³/mol. The molecule has 0 spiro atoms. The van der Waals surface area contributed by atoms with Crippen LogP contribution in [-0.4, -0.2) is 21.1 Å². The van der Waals surface area contributed by atoms with Gasteiger partial charge in [0, 0.05) is 43.3 Å². The van der Waals surface area contributed by atoms with E-state index in [0.717, 1.165) is 31.7 Å². The molecule has 4 nitrogen and oxygen atoms in total. The second kappa shape index (κ2) is 5.93. The first kappa shape index (κ1) is 12.3. The Morgan fingerprint density at radius 3 is 3.06 bits per heavy atom. The van der Waals surface area contributed by atoms with Gasteiger partial charge in [-0.2, -0.15) is 0 Å². The molecule has 0 aliphatic rings. The Balaban J connectivity index is 1.73. The molecule has 0 saturated carbocycles. The maximum Gasteiger partial charge on any atom is 0.0948 e. The highest BCUT2D eigenvalue weighted by atomic mass is 32.1. The van der Waals surface area contributed by atoms with Crippen LogP contribution in [0.25, 0.3) is 0 Å². The molecule has 0 saturated heterocycles. The van der Waals surface area contributed by atoms with Crippen molar-refractivity contribution >= 4 is 11.3 Å². The van der Waals surface area contributed by atoms with Crippen molar-refractivity contribution in [1.82, 2.24) is 19.9 Å². The van der Waals surface area contributed by atoms with Crippen LogP contribution in [0.3, 0.4) is 0 Å². The molecule has 0 amide bonds. The van der Waals surface area contributed by atoms with Gasteiger partial charge in [0.25, 0.3) is 0 Å². The van der Waals surface area contributed by atoms with Gasteiger partial charge >= 0.3 is 0 Å². The van der Waals surface area contributed by atoms with Crippen molar-refractivity contribution < 1.29 is 0 Å². The van der Waals surface area contributed by atoms with Gasteiger partial charge in [-0.15, -0.1) is 11.3 Å². The quantitative estimate of drug-likeness (QED) is 0.797. The molecule has 0 radical (unpaired) electrons. The fraction of sp³-hybridized carbons (Fsp3) is 0.500. The zero-order valence-corrected chi connectivity index (χ0v) is 11.1. The average Bonchev–Trinajstić information content (AvgIpc) is 2.93. The summed E-state index contributed by atoms with van der Waals surface area (Å²) in [4.78, 5) is 8.59. The van der Waals surface area contributed by atoms with Crippen molar-refractivity contribution in [1.29, 1.82) is 0 Å². The third-order valence-corrected chi connectivity index (χ3v) is 3.65. The molecule has 2 aromatic heterocycles. The molecule has 17 heavy (non-hydrogen) atoms. The number of thiazole rings is 1. The lowest BCUT2D eigenvalue weighted by molar-refractivity contribution is 0.627. The van der Waals surface area contributed by atoms with E-state index < -0.39 is 0 Å². The van der Waals surface area contributed by atoms with Gasteiger partial charge in [0.05, 0.1) is 17.0 Å². The molecular formula is C12H18N4S. The van der Waals surface area contributed by atoms with Gasteiger partial charge < -0.3 is 9.88 Å². The minimum Gasteiger partial charge on any atom is -0.334 e. The Hall–Kier alpha value is -1.20. The summed E-state index contributed by atoms with van der Waals surface area (Å²) in [5.41, 5.74) is 2.36. The number of rotatable bonds is 6. The van der Waals surface area contributed by atoms with Crippen LogP contribution in [0, 0.1) is 6.92 Å². The summed E-state index contributed by atoms with van der Waals surface area (Å²) in [5, 5.41) is 6.73. The fourth-order valence-corrected chi connectivity index (χ4v) is 2.49. The van der Waals surface area contributed by atoms with Crippen molar-refractivity contribution in [3.8, 4) is 0 Å². The van der Waals surface area contributed by atoms with Gasteiger partial charge in [-0.25, -0.2) is 9.97 Å². The fourth-order valence-electron chi connectivity index (χ4n) is 1.71. The molecular weight excluding hydrogens is 232 g/mol. The highest BCUT2D eigenvalue weighted by Gasteiger charge is 2.01. The molecule has 0 fully saturated rings. The van der Waals surface area contributed by atoms with E-state index in [1.165, 1.54) is 10.7 Å². The largest absolute Gasteiger partial charge is 0.334 e. The zero-order chi connectivity index (χ0) is 12.1. The van der Waals surface area contributed by atoms with Crippen LogP contribution in [0.2, 0.25) is 0 Å². The van der Waals surface area contributed by atoms with Gasteiger partial charge in [0.2, 0.25) is 0 Å². The molecule has 0 bridgehead atoms. The SMILES string of the molecule is CCn1cncc1CNCCc1nc(C)cs1. The summed E-state index contributed by atoms with van der Waals surface area (Å²) >= 11 is 1.74. The third-order valence-electron chi connectivity index (χ3n) is 2.63. The van der Waals surface area contributed by atoms with Gasteiger partial charge in [-0.3, -0.25) is 0 Å². The lowest BCUT2D eigenvalue weighted by Crippen LogP contribution is -2.18. The summed E-state index contributed by atoms with van der Waals surface area (Å²) in [6, 6.07) is 0. The molecule has 0 aliphatic heterocycles. The first-order chi connectivity index (χ1) is 8.29. The predicted octanol–water partition coefficient (Wildman–Crippen LogP) is 2.00. The summed E-state index contributed by atoms with van der Waals surface area (Å²) in [7, 11) is 0. The van der Waals surface area contributed by atoms with E-state index in [-0.39, 0.29) is 0 Å².